The Morgan fingerprint density at radius 3 is 1.56 bits per heavy atom. The molecule has 0 spiro atoms. The van der Waals surface area contributed by atoms with Gasteiger partial charge in [-0.15, -0.1) is 0 Å². The van der Waals surface area contributed by atoms with Crippen LogP contribution in [0.5, 0.6) is 0 Å². The molecule has 0 saturated heterocycles. The molecular weight excluding hydrogens is 672 g/mol. The highest BCUT2D eigenvalue weighted by Gasteiger charge is 2.32. The van der Waals surface area contributed by atoms with Crippen LogP contribution in [0.1, 0.15) is 68.2 Å². The van der Waals surface area contributed by atoms with E-state index < -0.39 is 108 Å². The smallest absolute Gasteiger partial charge is 0.326 e. The topological polar surface area (TPSA) is 267 Å². The molecule has 17 nitrogen and oxygen atoms in total. The Morgan fingerprint density at radius 1 is 0.580 bits per heavy atom. The molecule has 286 valence electrons. The molecule has 0 radical (unpaired) electrons. The van der Waals surface area contributed by atoms with Crippen molar-refractivity contribution < 1.29 is 43.5 Å². The van der Waals surface area contributed by atoms with Gasteiger partial charge in [-0.05, 0) is 48.5 Å². The fourth-order valence-corrected chi connectivity index (χ4v) is 5.03. The summed E-state index contributed by atoms with van der Waals surface area (Å²) in [5.74, 6) is -6.35. The minimum absolute atomic E-state index is 0.0504. The fraction of sp³-hybridized carbons (Fsp3) is 0.750. The van der Waals surface area contributed by atoms with E-state index in [9.17, 15) is 43.5 Å². The number of carboxylic acids is 1. The van der Waals surface area contributed by atoms with E-state index in [0.29, 0.717) is 12.2 Å². The van der Waals surface area contributed by atoms with Crippen LogP contribution in [0.2, 0.25) is 0 Å². The van der Waals surface area contributed by atoms with Crippen LogP contribution < -0.4 is 43.0 Å². The first kappa shape index (κ1) is 46.1. The minimum Gasteiger partial charge on any atom is -0.480 e. The predicted octanol–water partition coefficient (Wildman–Crippen LogP) is -1.55. The van der Waals surface area contributed by atoms with Gasteiger partial charge in [0.25, 0.3) is 0 Å². The van der Waals surface area contributed by atoms with Crippen LogP contribution in [-0.4, -0.2) is 114 Å². The maximum Gasteiger partial charge on any atom is 0.326 e. The Hall–Kier alpha value is -3.93. The first-order chi connectivity index (χ1) is 23.2. The van der Waals surface area contributed by atoms with E-state index in [1.807, 2.05) is 20.1 Å². The number of amides is 7. The molecule has 50 heavy (non-hydrogen) atoms. The van der Waals surface area contributed by atoms with Crippen molar-refractivity contribution in [2.24, 2.45) is 29.4 Å². The Morgan fingerprint density at radius 2 is 1.08 bits per heavy atom. The molecule has 0 saturated carbocycles. The molecule has 0 bridgehead atoms. The number of carbonyl (C=O) groups excluding carboxylic acids is 7. The second-order valence-corrected chi connectivity index (χ2v) is 14.4. The zero-order valence-electron chi connectivity index (χ0n) is 30.6. The average Bonchev–Trinajstić information content (AvgIpc) is 3.02. The minimum atomic E-state index is -1.21. The number of hydrogen-bond acceptors (Lipinski definition) is 10. The van der Waals surface area contributed by atoms with Crippen molar-refractivity contribution in [3.8, 4) is 0 Å². The molecule has 0 aromatic heterocycles. The molecule has 0 aromatic carbocycles. The van der Waals surface area contributed by atoms with E-state index >= 15 is 0 Å². The van der Waals surface area contributed by atoms with Gasteiger partial charge in [-0.2, -0.15) is 11.8 Å². The lowest BCUT2D eigenvalue weighted by atomic mass is 10.0. The van der Waals surface area contributed by atoms with Gasteiger partial charge in [0, 0.05) is 0 Å². The van der Waals surface area contributed by atoms with Gasteiger partial charge in [0.05, 0.1) is 19.6 Å². The lowest BCUT2D eigenvalue weighted by Gasteiger charge is -2.27. The van der Waals surface area contributed by atoms with Gasteiger partial charge in [-0.25, -0.2) is 4.79 Å². The third kappa shape index (κ3) is 17.6. The summed E-state index contributed by atoms with van der Waals surface area (Å²) in [7, 11) is 0. The largest absolute Gasteiger partial charge is 0.480 e. The van der Waals surface area contributed by atoms with E-state index in [1.54, 1.807) is 41.5 Å². The normalized spacial score (nSPS) is 14.2. The predicted molar refractivity (Wildman–Crippen MR) is 189 cm³/mol. The highest BCUT2D eigenvalue weighted by molar-refractivity contribution is 7.98. The number of nitrogens with one attached hydrogen (secondary N) is 7. The van der Waals surface area contributed by atoms with Crippen molar-refractivity contribution >= 4 is 59.1 Å². The fourth-order valence-electron chi connectivity index (χ4n) is 4.56. The lowest BCUT2D eigenvalue weighted by Crippen LogP contribution is -2.58. The van der Waals surface area contributed by atoms with Crippen molar-refractivity contribution in [2.45, 2.75) is 98.4 Å². The van der Waals surface area contributed by atoms with Gasteiger partial charge >= 0.3 is 5.97 Å². The molecule has 0 fully saturated rings. The van der Waals surface area contributed by atoms with Crippen molar-refractivity contribution in [1.29, 1.82) is 0 Å². The molecule has 0 unspecified atom stereocenters. The highest BCUT2D eigenvalue weighted by Crippen LogP contribution is 2.10. The third-order valence-electron chi connectivity index (χ3n) is 7.40. The van der Waals surface area contributed by atoms with Crippen LogP contribution >= 0.6 is 11.8 Å². The van der Waals surface area contributed by atoms with Crippen LogP contribution in [0.3, 0.4) is 0 Å². The van der Waals surface area contributed by atoms with Gasteiger partial charge < -0.3 is 48.1 Å². The number of carboxylic acid groups (broad SMARTS) is 1. The molecule has 7 amide bonds. The Kier molecular flexibility index (Phi) is 21.6. The Bertz CT molecular complexity index is 1180. The molecule has 0 aliphatic rings. The average molecular weight is 731 g/mol. The van der Waals surface area contributed by atoms with Gasteiger partial charge in [-0.3, -0.25) is 33.6 Å². The van der Waals surface area contributed by atoms with Crippen molar-refractivity contribution in [2.75, 3.05) is 31.6 Å². The van der Waals surface area contributed by atoms with E-state index in [2.05, 4.69) is 37.2 Å². The quantitative estimate of drug-likeness (QED) is 0.0581. The molecule has 10 N–H and O–H groups in total. The second-order valence-electron chi connectivity index (χ2n) is 13.4. The van der Waals surface area contributed by atoms with Crippen LogP contribution in [0.25, 0.3) is 0 Å². The molecule has 0 rings (SSSR count). The van der Waals surface area contributed by atoms with E-state index in [1.165, 1.54) is 11.8 Å². The molecule has 0 aliphatic carbocycles. The summed E-state index contributed by atoms with van der Waals surface area (Å²) in [4.78, 5) is 101. The van der Waals surface area contributed by atoms with Gasteiger partial charge in [0.1, 0.15) is 30.2 Å². The number of carbonyl (C=O) groups is 8. The van der Waals surface area contributed by atoms with E-state index in [4.69, 9.17) is 5.73 Å². The van der Waals surface area contributed by atoms with Crippen LogP contribution in [-0.2, 0) is 38.4 Å². The van der Waals surface area contributed by atoms with Crippen LogP contribution in [0.4, 0.5) is 0 Å². The first-order valence-corrected chi connectivity index (χ1v) is 18.1. The molecule has 0 aromatic rings. The van der Waals surface area contributed by atoms with Crippen molar-refractivity contribution in [3.05, 3.63) is 0 Å². The van der Waals surface area contributed by atoms with Crippen LogP contribution in [0.15, 0.2) is 0 Å². The number of aliphatic carboxylic acids is 1. The summed E-state index contributed by atoms with van der Waals surface area (Å²) in [6.45, 7) is 12.4. The van der Waals surface area contributed by atoms with Crippen molar-refractivity contribution in [1.82, 2.24) is 37.2 Å². The summed E-state index contributed by atoms with van der Waals surface area (Å²) >= 11 is 1.46. The maximum atomic E-state index is 13.3. The first-order valence-electron chi connectivity index (χ1n) is 16.7. The van der Waals surface area contributed by atoms with E-state index in [-0.39, 0.29) is 18.9 Å². The Labute approximate surface area is 298 Å². The standard InChI is InChI=1S/C32H58N8O9S/c1-16(2)12-21(36-22(41)13-33)29(45)37-20(10-11-50-9)28(44)39-25(17(3)4)30(46)35-14-23(42)34-15-24(43)38-26(18(5)6)31(47)40-27(19(7)8)32(48)49/h16-21,25-27H,10-15,33H2,1-9H3,(H,34,42)(H,35,46)(H,36,41)(H,37,45)(H,38,43)(H,39,44)(H,40,47)(H,48,49)/t20-,21-,25-,26-,27-/m0/s1. The highest BCUT2D eigenvalue weighted by atomic mass is 32.2. The lowest BCUT2D eigenvalue weighted by molar-refractivity contribution is -0.143. The molecular formula is C32H58N8O9S. The summed E-state index contributed by atoms with van der Waals surface area (Å²) in [6.07, 6.45) is 2.39. The molecule has 18 heteroatoms. The summed E-state index contributed by atoms with van der Waals surface area (Å²) < 4.78 is 0. The van der Waals surface area contributed by atoms with Crippen LogP contribution in [0, 0.1) is 23.7 Å². The second kappa shape index (κ2) is 23.5. The van der Waals surface area contributed by atoms with E-state index in [0.717, 1.165) is 0 Å². The van der Waals surface area contributed by atoms with Crippen molar-refractivity contribution in [3.63, 3.8) is 0 Å². The monoisotopic (exact) mass is 730 g/mol. The summed E-state index contributed by atoms with van der Waals surface area (Å²) in [5.41, 5.74) is 5.40. The van der Waals surface area contributed by atoms with Gasteiger partial charge in [0.15, 0.2) is 0 Å². The SMILES string of the molecule is CSCC[C@H](NC(=O)[C@H](CC(C)C)NC(=O)CN)C(=O)N[C@H](C(=O)NCC(=O)NCC(=O)N[C@H](C(=O)N[C@H](C(=O)O)C(C)C)C(C)C)C(C)C. The molecule has 5 atom stereocenters. The Balaban J connectivity index is 5.35. The summed E-state index contributed by atoms with van der Waals surface area (Å²) in [6, 6.07) is -5.23. The van der Waals surface area contributed by atoms with Gasteiger partial charge in [0.2, 0.25) is 41.4 Å². The summed E-state index contributed by atoms with van der Waals surface area (Å²) in [5, 5.41) is 27.0. The number of rotatable bonds is 23. The molecule has 0 heterocycles. The molecule has 0 aliphatic heterocycles. The number of hydrogen-bond donors (Lipinski definition) is 9. The van der Waals surface area contributed by atoms with Gasteiger partial charge in [-0.1, -0.05) is 55.4 Å². The zero-order chi connectivity index (χ0) is 38.7. The third-order valence-corrected chi connectivity index (χ3v) is 8.04. The number of thioether (sulfide) groups is 1. The maximum absolute atomic E-state index is 13.3. The number of nitrogens with two attached hydrogens (primary N) is 1. The zero-order valence-corrected chi connectivity index (χ0v) is 31.5.